The Morgan fingerprint density at radius 2 is 2.10 bits per heavy atom. The average Bonchev–Trinajstić information content (AvgIpc) is 2.73. The lowest BCUT2D eigenvalue weighted by molar-refractivity contribution is 0.210. The molecular formula is C15H14N4O2. The molecule has 1 amide bonds. The molecule has 0 aliphatic carbocycles. The number of anilines is 2. The Morgan fingerprint density at radius 3 is 2.86 bits per heavy atom. The molecule has 106 valence electrons. The van der Waals surface area contributed by atoms with Crippen LogP contribution >= 0.6 is 0 Å². The molecule has 0 fully saturated rings. The quantitative estimate of drug-likeness (QED) is 0.673. The first-order chi connectivity index (χ1) is 10.0. The minimum Gasteiger partial charge on any atom is -0.465 e. The van der Waals surface area contributed by atoms with Crippen molar-refractivity contribution in [2.45, 2.75) is 6.92 Å². The highest BCUT2D eigenvalue weighted by Crippen LogP contribution is 2.25. The number of nitrogens with zero attached hydrogens (tertiary/aromatic N) is 2. The van der Waals surface area contributed by atoms with Crippen LogP contribution in [0.2, 0.25) is 0 Å². The highest BCUT2D eigenvalue weighted by molar-refractivity contribution is 5.85. The molecule has 2 aromatic carbocycles. The first-order valence-corrected chi connectivity index (χ1v) is 6.39. The number of aromatic nitrogens is 2. The van der Waals surface area contributed by atoms with Crippen molar-refractivity contribution in [2.75, 3.05) is 11.1 Å². The summed E-state index contributed by atoms with van der Waals surface area (Å²) in [6, 6.07) is 12.9. The molecule has 0 saturated heterocycles. The number of imidazole rings is 1. The highest BCUT2D eigenvalue weighted by Gasteiger charge is 2.10. The highest BCUT2D eigenvalue weighted by atomic mass is 16.4. The minimum absolute atomic E-state index is 0.364. The summed E-state index contributed by atoms with van der Waals surface area (Å²) in [6.07, 6.45) is -1.11. The number of carboxylic acid groups (broad SMARTS) is 1. The summed E-state index contributed by atoms with van der Waals surface area (Å²) in [6.45, 7) is 1.99. The van der Waals surface area contributed by atoms with Crippen LogP contribution in [0.15, 0.2) is 42.5 Å². The summed E-state index contributed by atoms with van der Waals surface area (Å²) < 4.78 is 1.79. The van der Waals surface area contributed by atoms with Gasteiger partial charge in [-0.3, -0.25) is 9.88 Å². The number of fused-ring (bicyclic) bond motifs is 1. The lowest BCUT2D eigenvalue weighted by Crippen LogP contribution is -2.08. The second kappa shape index (κ2) is 4.82. The largest absolute Gasteiger partial charge is 0.465 e. The Morgan fingerprint density at radius 1 is 1.29 bits per heavy atom. The van der Waals surface area contributed by atoms with Gasteiger partial charge in [-0.05, 0) is 42.8 Å². The van der Waals surface area contributed by atoms with Crippen LogP contribution in [-0.4, -0.2) is 20.8 Å². The van der Waals surface area contributed by atoms with E-state index in [-0.39, 0.29) is 0 Å². The molecule has 0 unspecified atom stereocenters. The van der Waals surface area contributed by atoms with Gasteiger partial charge in [-0.15, -0.1) is 0 Å². The summed E-state index contributed by atoms with van der Waals surface area (Å²) in [5, 5.41) is 11.1. The van der Waals surface area contributed by atoms with Crippen LogP contribution in [0.4, 0.5) is 16.4 Å². The third-order valence-corrected chi connectivity index (χ3v) is 3.19. The predicted octanol–water partition coefficient (Wildman–Crippen LogP) is 3.01. The first-order valence-electron chi connectivity index (χ1n) is 6.39. The molecule has 6 nitrogen and oxygen atoms in total. The van der Waals surface area contributed by atoms with Gasteiger partial charge in [0.05, 0.1) is 16.7 Å². The van der Waals surface area contributed by atoms with Crippen molar-refractivity contribution >= 4 is 28.8 Å². The van der Waals surface area contributed by atoms with E-state index in [1.54, 1.807) is 22.8 Å². The number of hydrogen-bond acceptors (Lipinski definition) is 3. The zero-order valence-corrected chi connectivity index (χ0v) is 11.4. The van der Waals surface area contributed by atoms with Crippen molar-refractivity contribution in [1.82, 2.24) is 9.55 Å². The molecule has 3 rings (SSSR count). The van der Waals surface area contributed by atoms with E-state index in [0.717, 1.165) is 22.3 Å². The van der Waals surface area contributed by atoms with E-state index in [1.165, 1.54) is 0 Å². The number of carbonyl (C=O) groups is 1. The molecule has 3 aromatic rings. The van der Waals surface area contributed by atoms with E-state index in [1.807, 2.05) is 31.2 Å². The topological polar surface area (TPSA) is 93.2 Å². The Bertz CT molecular complexity index is 839. The van der Waals surface area contributed by atoms with Crippen molar-refractivity contribution in [3.05, 3.63) is 48.0 Å². The third-order valence-electron chi connectivity index (χ3n) is 3.19. The summed E-state index contributed by atoms with van der Waals surface area (Å²) in [4.78, 5) is 15.1. The second-order valence-electron chi connectivity index (χ2n) is 4.78. The summed E-state index contributed by atoms with van der Waals surface area (Å²) >= 11 is 0. The van der Waals surface area contributed by atoms with E-state index in [4.69, 9.17) is 10.8 Å². The third kappa shape index (κ3) is 2.38. The van der Waals surface area contributed by atoms with Crippen LogP contribution in [0, 0.1) is 6.92 Å². The van der Waals surface area contributed by atoms with Gasteiger partial charge < -0.3 is 10.8 Å². The first kappa shape index (κ1) is 13.0. The molecule has 0 aliphatic heterocycles. The van der Waals surface area contributed by atoms with Crippen molar-refractivity contribution in [2.24, 2.45) is 0 Å². The molecule has 0 saturated carbocycles. The molecule has 0 aliphatic rings. The van der Waals surface area contributed by atoms with Crippen LogP contribution in [0.25, 0.3) is 16.7 Å². The van der Waals surface area contributed by atoms with E-state index < -0.39 is 6.09 Å². The fourth-order valence-electron chi connectivity index (χ4n) is 2.33. The molecular weight excluding hydrogens is 268 g/mol. The van der Waals surface area contributed by atoms with Crippen molar-refractivity contribution in [3.63, 3.8) is 0 Å². The van der Waals surface area contributed by atoms with Gasteiger partial charge in [0.15, 0.2) is 0 Å². The Hall–Kier alpha value is -3.02. The Balaban J connectivity index is 2.16. The van der Waals surface area contributed by atoms with Gasteiger partial charge in [-0.25, -0.2) is 9.78 Å². The standard InChI is InChI=1S/C15H14N4O2/c1-9-5-6-13-12(7-9)18-14(16)19(13)11-4-2-3-10(8-11)17-15(20)21/h2-8,17H,1H3,(H2,16,18)(H,20,21). The van der Waals surface area contributed by atoms with Gasteiger partial charge in [0.2, 0.25) is 5.95 Å². The maximum atomic E-state index is 10.7. The van der Waals surface area contributed by atoms with Gasteiger partial charge >= 0.3 is 6.09 Å². The van der Waals surface area contributed by atoms with Crippen LogP contribution in [0.3, 0.4) is 0 Å². The maximum Gasteiger partial charge on any atom is 0.409 e. The fourth-order valence-corrected chi connectivity index (χ4v) is 2.33. The fraction of sp³-hybridized carbons (Fsp3) is 0.0667. The second-order valence-corrected chi connectivity index (χ2v) is 4.78. The Kier molecular flexibility index (Phi) is 2.98. The number of nitrogens with one attached hydrogen (secondary N) is 1. The Labute approximate surface area is 120 Å². The summed E-state index contributed by atoms with van der Waals surface area (Å²) in [7, 11) is 0. The lowest BCUT2D eigenvalue weighted by Gasteiger charge is -2.08. The van der Waals surface area contributed by atoms with Crippen LogP contribution in [-0.2, 0) is 0 Å². The number of nitrogen functional groups attached to an aromatic ring is 1. The number of nitrogens with two attached hydrogens (primary N) is 1. The van der Waals surface area contributed by atoms with Crippen molar-refractivity contribution in [1.29, 1.82) is 0 Å². The molecule has 1 aromatic heterocycles. The molecule has 21 heavy (non-hydrogen) atoms. The number of benzene rings is 2. The number of rotatable bonds is 2. The number of amides is 1. The smallest absolute Gasteiger partial charge is 0.409 e. The van der Waals surface area contributed by atoms with Crippen molar-refractivity contribution in [3.8, 4) is 5.69 Å². The zero-order chi connectivity index (χ0) is 15.0. The van der Waals surface area contributed by atoms with Crippen molar-refractivity contribution < 1.29 is 9.90 Å². The lowest BCUT2D eigenvalue weighted by atomic mass is 10.2. The number of hydrogen-bond donors (Lipinski definition) is 3. The minimum atomic E-state index is -1.11. The molecule has 0 bridgehead atoms. The zero-order valence-electron chi connectivity index (χ0n) is 11.4. The van der Waals surface area contributed by atoms with E-state index in [0.29, 0.717) is 11.6 Å². The summed E-state index contributed by atoms with van der Waals surface area (Å²) in [5.74, 6) is 0.364. The molecule has 0 atom stereocenters. The van der Waals surface area contributed by atoms with Crippen LogP contribution < -0.4 is 11.1 Å². The molecule has 6 heteroatoms. The van der Waals surface area contributed by atoms with Gasteiger partial charge in [0, 0.05) is 5.69 Å². The molecule has 0 radical (unpaired) electrons. The van der Waals surface area contributed by atoms with E-state index in [9.17, 15) is 4.79 Å². The van der Waals surface area contributed by atoms with Gasteiger partial charge in [0.25, 0.3) is 0 Å². The maximum absolute atomic E-state index is 10.7. The van der Waals surface area contributed by atoms with Gasteiger partial charge in [-0.1, -0.05) is 12.1 Å². The molecule has 0 spiro atoms. The van der Waals surface area contributed by atoms with Gasteiger partial charge in [0.1, 0.15) is 0 Å². The average molecular weight is 282 g/mol. The van der Waals surface area contributed by atoms with Crippen LogP contribution in [0.1, 0.15) is 5.56 Å². The molecule has 1 heterocycles. The normalized spacial score (nSPS) is 10.7. The van der Waals surface area contributed by atoms with E-state index in [2.05, 4.69) is 10.3 Å². The summed E-state index contributed by atoms with van der Waals surface area (Å²) in [5.41, 5.74) is 10.0. The number of aryl methyl sites for hydroxylation is 1. The predicted molar refractivity (Wildman–Crippen MR) is 81.9 cm³/mol. The molecule has 4 N–H and O–H groups in total. The van der Waals surface area contributed by atoms with Crippen LogP contribution in [0.5, 0.6) is 0 Å². The van der Waals surface area contributed by atoms with Gasteiger partial charge in [-0.2, -0.15) is 0 Å². The van der Waals surface area contributed by atoms with E-state index >= 15 is 0 Å². The SMILES string of the molecule is Cc1ccc2c(c1)nc(N)n2-c1cccc(NC(=O)O)c1. The monoisotopic (exact) mass is 282 g/mol.